The molecule has 3 heterocycles. The van der Waals surface area contributed by atoms with E-state index in [1.165, 1.54) is 0 Å². The highest BCUT2D eigenvalue weighted by atomic mass is 16.2. The number of amides is 3. The van der Waals surface area contributed by atoms with Crippen molar-refractivity contribution >= 4 is 23.6 Å². The van der Waals surface area contributed by atoms with Crippen LogP contribution in [-0.2, 0) is 13.0 Å². The average Bonchev–Trinajstić information content (AvgIpc) is 3.03. The Bertz CT molecular complexity index is 1130. The molecule has 1 atom stereocenters. The van der Waals surface area contributed by atoms with Gasteiger partial charge in [0.05, 0.1) is 6.04 Å². The lowest BCUT2D eigenvalue weighted by molar-refractivity contribution is 0.0939. The van der Waals surface area contributed by atoms with Gasteiger partial charge >= 0.3 is 6.03 Å². The van der Waals surface area contributed by atoms with Crippen LogP contribution in [0.25, 0.3) is 0 Å². The maximum Gasteiger partial charge on any atom is 0.319 e. The Kier molecular flexibility index (Phi) is 7.14. The summed E-state index contributed by atoms with van der Waals surface area (Å²) in [4.78, 5) is 34.8. The van der Waals surface area contributed by atoms with E-state index in [-0.39, 0.29) is 18.0 Å². The monoisotopic (exact) mass is 475 g/mol. The maximum atomic E-state index is 13.0. The van der Waals surface area contributed by atoms with Gasteiger partial charge in [0.2, 0.25) is 0 Å². The lowest BCUT2D eigenvalue weighted by Gasteiger charge is -2.31. The van der Waals surface area contributed by atoms with Gasteiger partial charge < -0.3 is 20.0 Å². The fourth-order valence-electron chi connectivity index (χ4n) is 4.67. The number of hydrogen-bond acceptors (Lipinski definition) is 5. The van der Waals surface area contributed by atoms with Crippen LogP contribution in [0.4, 0.5) is 4.79 Å². The van der Waals surface area contributed by atoms with Crippen molar-refractivity contribution in [3.05, 3.63) is 65.0 Å². The standard InChI is InChI=1S/C26H33N7O2/c1-17-13-20(7-6-8-21(17)24(28)33-11-5-4-9-23(33)27)30-25(34)22-14-19-16-32(26(35)31(2)3)12-10-18(19)15-29-22/h6-8,14-15,20,27-28H,1,4-5,9-13,16H2,2-3H3,(H,30,34). The number of carbonyl (C=O) groups excluding carboxylic acids is 2. The minimum absolute atomic E-state index is 0.0471. The number of rotatable bonds is 3. The number of fused-ring (bicyclic) bond motifs is 1. The lowest BCUT2D eigenvalue weighted by Crippen LogP contribution is -2.42. The number of allylic oxidation sites excluding steroid dienone is 2. The fraction of sp³-hybridized carbons (Fsp3) is 0.423. The van der Waals surface area contributed by atoms with Gasteiger partial charge in [0.15, 0.2) is 0 Å². The van der Waals surface area contributed by atoms with E-state index in [1.54, 1.807) is 41.1 Å². The van der Waals surface area contributed by atoms with Crippen LogP contribution in [0.1, 0.15) is 47.3 Å². The van der Waals surface area contributed by atoms with Crippen molar-refractivity contribution < 1.29 is 9.59 Å². The third-order valence-electron chi connectivity index (χ3n) is 6.65. The topological polar surface area (TPSA) is 116 Å². The van der Waals surface area contributed by atoms with Crippen LogP contribution in [0.15, 0.2) is 48.2 Å². The summed E-state index contributed by atoms with van der Waals surface area (Å²) in [6.45, 7) is 5.93. The first-order chi connectivity index (χ1) is 16.7. The normalized spacial score (nSPS) is 20.1. The number of piperidine rings is 1. The van der Waals surface area contributed by atoms with Crippen molar-refractivity contribution in [2.24, 2.45) is 0 Å². The van der Waals surface area contributed by atoms with E-state index >= 15 is 0 Å². The summed E-state index contributed by atoms with van der Waals surface area (Å²) < 4.78 is 0. The van der Waals surface area contributed by atoms with Crippen LogP contribution in [0.2, 0.25) is 0 Å². The van der Waals surface area contributed by atoms with Crippen LogP contribution >= 0.6 is 0 Å². The lowest BCUT2D eigenvalue weighted by atomic mass is 9.98. The molecule has 2 aliphatic heterocycles. The van der Waals surface area contributed by atoms with Crippen molar-refractivity contribution in [3.8, 4) is 0 Å². The Morgan fingerprint density at radius 1 is 1.20 bits per heavy atom. The number of carbonyl (C=O) groups is 2. The summed E-state index contributed by atoms with van der Waals surface area (Å²) in [6, 6.07) is 1.44. The zero-order valence-electron chi connectivity index (χ0n) is 20.4. The highest BCUT2D eigenvalue weighted by Crippen LogP contribution is 2.24. The van der Waals surface area contributed by atoms with Gasteiger partial charge in [0, 0.05) is 51.9 Å². The Hall–Kier alpha value is -3.75. The fourth-order valence-corrected chi connectivity index (χ4v) is 4.67. The maximum absolute atomic E-state index is 13.0. The molecule has 3 N–H and O–H groups in total. The van der Waals surface area contributed by atoms with Gasteiger partial charge in [-0.25, -0.2) is 4.79 Å². The molecule has 1 aromatic heterocycles. The number of amidine groups is 2. The first-order valence-corrected chi connectivity index (χ1v) is 12.0. The average molecular weight is 476 g/mol. The summed E-state index contributed by atoms with van der Waals surface area (Å²) in [5, 5.41) is 19.8. The highest BCUT2D eigenvalue weighted by molar-refractivity contribution is 6.09. The van der Waals surface area contributed by atoms with E-state index in [1.807, 2.05) is 18.2 Å². The smallest absolute Gasteiger partial charge is 0.319 e. The molecule has 1 aliphatic carbocycles. The van der Waals surface area contributed by atoms with Gasteiger partial charge in [0.1, 0.15) is 17.4 Å². The van der Waals surface area contributed by atoms with Crippen molar-refractivity contribution in [3.63, 3.8) is 0 Å². The Labute approximate surface area is 206 Å². The molecule has 3 amide bonds. The molecule has 1 unspecified atom stereocenters. The SMILES string of the molecule is C=C1CC(NC(=O)c2cc3c(cn2)CCN(C(=O)N(C)C)C3)C=CC=C1C(=N)N1CCCCC1=N. The first-order valence-electron chi connectivity index (χ1n) is 12.0. The molecule has 35 heavy (non-hydrogen) atoms. The van der Waals surface area contributed by atoms with E-state index in [9.17, 15) is 9.59 Å². The van der Waals surface area contributed by atoms with E-state index in [0.717, 1.165) is 29.5 Å². The summed E-state index contributed by atoms with van der Waals surface area (Å²) in [5.41, 5.74) is 3.76. The second-order valence-corrected chi connectivity index (χ2v) is 9.44. The molecule has 0 spiro atoms. The Morgan fingerprint density at radius 3 is 2.74 bits per heavy atom. The number of nitrogens with one attached hydrogen (secondary N) is 3. The van der Waals surface area contributed by atoms with Gasteiger partial charge in [-0.2, -0.15) is 0 Å². The zero-order valence-corrected chi connectivity index (χ0v) is 20.4. The molecule has 0 saturated carbocycles. The van der Waals surface area contributed by atoms with E-state index in [2.05, 4.69) is 16.9 Å². The number of likely N-dealkylation sites (tertiary alicyclic amines) is 1. The molecule has 0 radical (unpaired) electrons. The van der Waals surface area contributed by atoms with Crippen LogP contribution in [0.3, 0.4) is 0 Å². The van der Waals surface area contributed by atoms with Crippen LogP contribution in [-0.4, -0.2) is 76.5 Å². The largest absolute Gasteiger partial charge is 0.344 e. The van der Waals surface area contributed by atoms with Crippen molar-refractivity contribution in [1.29, 1.82) is 10.8 Å². The predicted octanol–water partition coefficient (Wildman–Crippen LogP) is 3.10. The minimum Gasteiger partial charge on any atom is -0.344 e. The molecular weight excluding hydrogens is 442 g/mol. The van der Waals surface area contributed by atoms with Gasteiger partial charge in [-0.1, -0.05) is 24.8 Å². The molecule has 3 aliphatic rings. The van der Waals surface area contributed by atoms with Gasteiger partial charge in [-0.05, 0) is 48.4 Å². The first kappa shape index (κ1) is 24.4. The summed E-state index contributed by atoms with van der Waals surface area (Å²) in [7, 11) is 3.46. The van der Waals surface area contributed by atoms with E-state index in [0.29, 0.717) is 61.8 Å². The van der Waals surface area contributed by atoms with Crippen molar-refractivity contribution in [2.45, 2.75) is 44.7 Å². The van der Waals surface area contributed by atoms with E-state index in [4.69, 9.17) is 10.8 Å². The molecule has 1 aromatic rings. The summed E-state index contributed by atoms with van der Waals surface area (Å²) >= 11 is 0. The summed E-state index contributed by atoms with van der Waals surface area (Å²) in [5.74, 6) is 0.476. The van der Waals surface area contributed by atoms with Crippen LogP contribution in [0.5, 0.6) is 0 Å². The number of urea groups is 1. The third-order valence-corrected chi connectivity index (χ3v) is 6.65. The van der Waals surface area contributed by atoms with Gasteiger partial charge in [-0.15, -0.1) is 0 Å². The van der Waals surface area contributed by atoms with E-state index < -0.39 is 0 Å². The minimum atomic E-state index is -0.290. The number of nitrogens with zero attached hydrogens (tertiary/aromatic N) is 4. The van der Waals surface area contributed by atoms with Crippen molar-refractivity contribution in [2.75, 3.05) is 27.2 Å². The second-order valence-electron chi connectivity index (χ2n) is 9.44. The second kappa shape index (κ2) is 10.2. The van der Waals surface area contributed by atoms with Crippen LogP contribution in [0, 0.1) is 10.8 Å². The molecule has 9 heteroatoms. The molecule has 9 nitrogen and oxygen atoms in total. The third kappa shape index (κ3) is 5.34. The molecule has 0 aromatic carbocycles. The number of pyridine rings is 1. The number of hydrogen-bond donors (Lipinski definition) is 3. The van der Waals surface area contributed by atoms with Crippen molar-refractivity contribution in [1.82, 2.24) is 25.0 Å². The zero-order chi connectivity index (χ0) is 25.1. The Morgan fingerprint density at radius 2 is 2.00 bits per heavy atom. The quantitative estimate of drug-likeness (QED) is 0.460. The van der Waals surface area contributed by atoms with Gasteiger partial charge in [-0.3, -0.25) is 20.6 Å². The van der Waals surface area contributed by atoms with Crippen LogP contribution < -0.4 is 5.32 Å². The molecular formula is C26H33N7O2. The molecule has 0 bridgehead atoms. The van der Waals surface area contributed by atoms with Gasteiger partial charge in [0.25, 0.3) is 5.91 Å². The predicted molar refractivity (Wildman–Crippen MR) is 136 cm³/mol. The number of aromatic nitrogens is 1. The highest BCUT2D eigenvalue weighted by Gasteiger charge is 2.26. The molecule has 184 valence electrons. The molecule has 1 fully saturated rings. The Balaban J connectivity index is 1.40. The summed E-state index contributed by atoms with van der Waals surface area (Å²) in [6.07, 6.45) is 11.1. The molecule has 1 saturated heterocycles. The molecule has 4 rings (SSSR count).